The lowest BCUT2D eigenvalue weighted by Crippen LogP contribution is -2.34. The summed E-state index contributed by atoms with van der Waals surface area (Å²) in [5, 5.41) is 0. The van der Waals surface area contributed by atoms with Crippen molar-refractivity contribution in [1.29, 1.82) is 0 Å². The fourth-order valence-corrected chi connectivity index (χ4v) is 2.86. The van der Waals surface area contributed by atoms with Gasteiger partial charge in [0.15, 0.2) is 0 Å². The zero-order valence-corrected chi connectivity index (χ0v) is 13.6. The van der Waals surface area contributed by atoms with E-state index >= 15 is 0 Å². The summed E-state index contributed by atoms with van der Waals surface area (Å²) in [6.07, 6.45) is 3.54. The highest BCUT2D eigenvalue weighted by Crippen LogP contribution is 2.26. The van der Waals surface area contributed by atoms with E-state index in [2.05, 4.69) is 0 Å². The standard InChI is InChI=1S/C16H24N2O2.ClH/c1-18(16(19)13-7-8-14(17)11-13)10-9-12-5-3-4-6-15(12)20-2;/h3-6,13-14H,7-11,17H2,1-2H3;1H. The van der Waals surface area contributed by atoms with Crippen molar-refractivity contribution in [2.75, 3.05) is 20.7 Å². The van der Waals surface area contributed by atoms with Gasteiger partial charge in [0.2, 0.25) is 5.91 Å². The number of nitrogens with zero attached hydrogens (tertiary/aromatic N) is 1. The number of methoxy groups -OCH3 is 1. The molecule has 0 radical (unpaired) electrons. The van der Waals surface area contributed by atoms with E-state index in [1.54, 1.807) is 7.11 Å². The maximum Gasteiger partial charge on any atom is 0.225 e. The Morgan fingerprint density at radius 1 is 1.38 bits per heavy atom. The molecule has 0 heterocycles. The molecule has 0 aliphatic heterocycles. The second-order valence-electron chi connectivity index (χ2n) is 5.59. The van der Waals surface area contributed by atoms with Crippen molar-refractivity contribution in [1.82, 2.24) is 4.90 Å². The molecule has 1 saturated carbocycles. The third-order valence-electron chi connectivity index (χ3n) is 4.11. The average molecular weight is 313 g/mol. The first-order chi connectivity index (χ1) is 9.61. The highest BCUT2D eigenvalue weighted by molar-refractivity contribution is 5.85. The number of hydrogen-bond donors (Lipinski definition) is 1. The molecule has 0 spiro atoms. The topological polar surface area (TPSA) is 55.6 Å². The van der Waals surface area contributed by atoms with Crippen LogP contribution in [0.4, 0.5) is 0 Å². The Morgan fingerprint density at radius 2 is 2.10 bits per heavy atom. The first kappa shape index (κ1) is 17.8. The SMILES string of the molecule is COc1ccccc1CCN(C)C(=O)C1CCC(N)C1.Cl. The minimum Gasteiger partial charge on any atom is -0.496 e. The number of carbonyl (C=O) groups excluding carboxylic acids is 1. The summed E-state index contributed by atoms with van der Waals surface area (Å²) in [4.78, 5) is 14.1. The Hall–Kier alpha value is -1.26. The quantitative estimate of drug-likeness (QED) is 0.907. The molecule has 1 amide bonds. The lowest BCUT2D eigenvalue weighted by atomic mass is 10.1. The summed E-state index contributed by atoms with van der Waals surface area (Å²) in [6.45, 7) is 0.713. The van der Waals surface area contributed by atoms with Gasteiger partial charge in [-0.25, -0.2) is 0 Å². The number of carbonyl (C=O) groups is 1. The number of benzene rings is 1. The lowest BCUT2D eigenvalue weighted by molar-refractivity contribution is -0.134. The Labute approximate surface area is 133 Å². The summed E-state index contributed by atoms with van der Waals surface area (Å²) in [5.41, 5.74) is 7.02. The van der Waals surface area contributed by atoms with Crippen molar-refractivity contribution < 1.29 is 9.53 Å². The van der Waals surface area contributed by atoms with Crippen LogP contribution in [0.1, 0.15) is 24.8 Å². The van der Waals surface area contributed by atoms with Crippen LogP contribution in [0.25, 0.3) is 0 Å². The Bertz CT molecular complexity index is 467. The molecular weight excluding hydrogens is 288 g/mol. The summed E-state index contributed by atoms with van der Waals surface area (Å²) >= 11 is 0. The van der Waals surface area contributed by atoms with Crippen molar-refractivity contribution in [2.24, 2.45) is 11.7 Å². The van der Waals surface area contributed by atoms with Gasteiger partial charge in [-0.15, -0.1) is 12.4 Å². The Morgan fingerprint density at radius 3 is 2.71 bits per heavy atom. The molecule has 2 unspecified atom stereocenters. The third-order valence-corrected chi connectivity index (χ3v) is 4.11. The minimum atomic E-state index is 0. The largest absolute Gasteiger partial charge is 0.496 e. The monoisotopic (exact) mass is 312 g/mol. The number of likely N-dealkylation sites (N-methyl/N-ethyl adjacent to an activating group) is 1. The van der Waals surface area contributed by atoms with Gasteiger partial charge in [0.25, 0.3) is 0 Å². The van der Waals surface area contributed by atoms with Crippen LogP contribution in [-0.4, -0.2) is 37.6 Å². The Balaban J connectivity index is 0.00000220. The number of nitrogens with two attached hydrogens (primary N) is 1. The van der Waals surface area contributed by atoms with Crippen molar-refractivity contribution in [3.05, 3.63) is 29.8 Å². The predicted molar refractivity (Wildman–Crippen MR) is 86.9 cm³/mol. The lowest BCUT2D eigenvalue weighted by Gasteiger charge is -2.21. The fraction of sp³-hybridized carbons (Fsp3) is 0.562. The third kappa shape index (κ3) is 4.61. The summed E-state index contributed by atoms with van der Waals surface area (Å²) < 4.78 is 5.33. The first-order valence-corrected chi connectivity index (χ1v) is 7.24. The van der Waals surface area contributed by atoms with E-state index in [1.807, 2.05) is 36.2 Å². The van der Waals surface area contributed by atoms with Crippen molar-refractivity contribution >= 4 is 18.3 Å². The molecule has 2 atom stereocenters. The van der Waals surface area contributed by atoms with E-state index < -0.39 is 0 Å². The molecule has 1 fully saturated rings. The molecule has 1 aliphatic carbocycles. The van der Waals surface area contributed by atoms with Crippen molar-refractivity contribution in [3.8, 4) is 5.75 Å². The molecule has 0 aromatic heterocycles. The van der Waals surface area contributed by atoms with Crippen LogP contribution in [0, 0.1) is 5.92 Å². The molecule has 2 N–H and O–H groups in total. The number of halogens is 1. The van der Waals surface area contributed by atoms with Crippen LogP contribution in [0.2, 0.25) is 0 Å². The second kappa shape index (κ2) is 8.25. The maximum atomic E-state index is 12.3. The van der Waals surface area contributed by atoms with Crippen LogP contribution in [0.3, 0.4) is 0 Å². The molecule has 1 aliphatic rings. The number of rotatable bonds is 5. The Kier molecular flexibility index (Phi) is 6.99. The van der Waals surface area contributed by atoms with E-state index in [1.165, 1.54) is 0 Å². The molecule has 0 saturated heterocycles. The van der Waals surface area contributed by atoms with Gasteiger partial charge in [-0.3, -0.25) is 4.79 Å². The number of hydrogen-bond acceptors (Lipinski definition) is 3. The molecule has 1 aromatic carbocycles. The van der Waals surface area contributed by atoms with Gasteiger partial charge in [0.1, 0.15) is 5.75 Å². The first-order valence-electron chi connectivity index (χ1n) is 7.24. The smallest absolute Gasteiger partial charge is 0.225 e. The molecule has 2 rings (SSSR count). The average Bonchev–Trinajstić information content (AvgIpc) is 2.90. The zero-order chi connectivity index (χ0) is 14.5. The molecule has 1 aromatic rings. The van der Waals surface area contributed by atoms with E-state index in [0.29, 0.717) is 6.54 Å². The van der Waals surface area contributed by atoms with Gasteiger partial charge < -0.3 is 15.4 Å². The highest BCUT2D eigenvalue weighted by atomic mass is 35.5. The molecular formula is C16H25ClN2O2. The van der Waals surface area contributed by atoms with E-state index in [-0.39, 0.29) is 30.3 Å². The van der Waals surface area contributed by atoms with E-state index in [0.717, 1.165) is 37.0 Å². The molecule has 5 heteroatoms. The second-order valence-corrected chi connectivity index (χ2v) is 5.59. The van der Waals surface area contributed by atoms with Gasteiger partial charge in [-0.05, 0) is 37.3 Å². The highest BCUT2D eigenvalue weighted by Gasteiger charge is 2.29. The van der Waals surface area contributed by atoms with Crippen molar-refractivity contribution in [2.45, 2.75) is 31.7 Å². The van der Waals surface area contributed by atoms with Crippen molar-refractivity contribution in [3.63, 3.8) is 0 Å². The van der Waals surface area contributed by atoms with Crippen LogP contribution >= 0.6 is 12.4 Å². The van der Waals surface area contributed by atoms with Crippen LogP contribution in [0.15, 0.2) is 24.3 Å². The maximum absolute atomic E-state index is 12.3. The zero-order valence-electron chi connectivity index (χ0n) is 12.7. The van der Waals surface area contributed by atoms with Gasteiger partial charge in [-0.1, -0.05) is 18.2 Å². The van der Waals surface area contributed by atoms with Gasteiger partial charge in [0, 0.05) is 25.6 Å². The predicted octanol–water partition coefficient (Wildman–Crippen LogP) is 2.25. The fourth-order valence-electron chi connectivity index (χ4n) is 2.86. The number of ether oxygens (including phenoxy) is 1. The molecule has 21 heavy (non-hydrogen) atoms. The number of para-hydroxylation sites is 1. The van der Waals surface area contributed by atoms with E-state index in [4.69, 9.17) is 10.5 Å². The number of amides is 1. The normalized spacial score (nSPS) is 20.7. The van der Waals surface area contributed by atoms with Gasteiger partial charge in [0.05, 0.1) is 7.11 Å². The molecule has 4 nitrogen and oxygen atoms in total. The van der Waals surface area contributed by atoms with Crippen LogP contribution in [-0.2, 0) is 11.2 Å². The summed E-state index contributed by atoms with van der Waals surface area (Å²) in [7, 11) is 3.55. The minimum absolute atomic E-state index is 0. The molecule has 0 bridgehead atoms. The van der Waals surface area contributed by atoms with Gasteiger partial charge >= 0.3 is 0 Å². The van der Waals surface area contributed by atoms with E-state index in [9.17, 15) is 4.79 Å². The van der Waals surface area contributed by atoms with Crippen LogP contribution in [0.5, 0.6) is 5.75 Å². The summed E-state index contributed by atoms with van der Waals surface area (Å²) in [6, 6.07) is 8.15. The summed E-state index contributed by atoms with van der Waals surface area (Å²) in [5.74, 6) is 1.23. The van der Waals surface area contributed by atoms with Crippen LogP contribution < -0.4 is 10.5 Å². The van der Waals surface area contributed by atoms with Gasteiger partial charge in [-0.2, -0.15) is 0 Å². The molecule has 118 valence electrons.